The summed E-state index contributed by atoms with van der Waals surface area (Å²) in [7, 11) is 1.32. The maximum absolute atomic E-state index is 14.0. The van der Waals surface area contributed by atoms with Crippen molar-refractivity contribution in [1.82, 2.24) is 0 Å². The molecule has 2 aromatic rings. The van der Waals surface area contributed by atoms with Crippen LogP contribution < -0.4 is 4.74 Å². The van der Waals surface area contributed by atoms with Crippen LogP contribution in [0.2, 0.25) is 0 Å². The molecule has 0 bridgehead atoms. The number of halogens is 3. The van der Waals surface area contributed by atoms with Crippen molar-refractivity contribution in [1.29, 1.82) is 0 Å². The smallest absolute Gasteiger partial charge is 0.196 e. The van der Waals surface area contributed by atoms with Gasteiger partial charge in [0.1, 0.15) is 5.82 Å². The maximum Gasteiger partial charge on any atom is 0.196 e. The molecule has 0 aliphatic carbocycles. The van der Waals surface area contributed by atoms with Crippen LogP contribution in [0.25, 0.3) is 0 Å². The molecule has 0 aromatic heterocycles. The van der Waals surface area contributed by atoms with Gasteiger partial charge in [-0.1, -0.05) is 6.07 Å². The minimum absolute atomic E-state index is 0.00738. The van der Waals surface area contributed by atoms with E-state index in [1.54, 1.807) is 0 Å². The molecule has 0 spiro atoms. The Morgan fingerprint density at radius 2 is 1.95 bits per heavy atom. The normalized spacial score (nSPS) is 10.3. The van der Waals surface area contributed by atoms with Crippen molar-refractivity contribution in [3.8, 4) is 5.75 Å². The number of benzene rings is 2. The fourth-order valence-electron chi connectivity index (χ4n) is 1.64. The first-order valence-electron chi connectivity index (χ1n) is 5.37. The molecule has 2 aromatic carbocycles. The van der Waals surface area contributed by atoms with Crippen molar-refractivity contribution in [2.24, 2.45) is 0 Å². The van der Waals surface area contributed by atoms with Gasteiger partial charge in [-0.05, 0) is 46.3 Å². The summed E-state index contributed by atoms with van der Waals surface area (Å²) in [5.74, 6) is -1.75. The highest BCUT2D eigenvalue weighted by molar-refractivity contribution is 9.10. The second kappa shape index (κ2) is 5.48. The van der Waals surface area contributed by atoms with E-state index in [0.717, 1.165) is 6.07 Å². The van der Waals surface area contributed by atoms with Crippen LogP contribution in [0.5, 0.6) is 5.75 Å². The second-order valence-corrected chi connectivity index (χ2v) is 4.63. The van der Waals surface area contributed by atoms with Gasteiger partial charge in [0.2, 0.25) is 0 Å². The summed E-state index contributed by atoms with van der Waals surface area (Å²) < 4.78 is 32.0. The summed E-state index contributed by atoms with van der Waals surface area (Å²) in [6.07, 6.45) is 0. The molecule has 0 atom stereocenters. The van der Waals surface area contributed by atoms with E-state index in [4.69, 9.17) is 4.74 Å². The van der Waals surface area contributed by atoms with E-state index in [1.807, 2.05) is 0 Å². The number of carbonyl (C=O) groups is 1. The molecule has 19 heavy (non-hydrogen) atoms. The van der Waals surface area contributed by atoms with Crippen molar-refractivity contribution < 1.29 is 18.3 Å². The molecule has 5 heteroatoms. The average Bonchev–Trinajstić information content (AvgIpc) is 2.41. The van der Waals surface area contributed by atoms with E-state index in [9.17, 15) is 13.6 Å². The molecule has 0 N–H and O–H groups in total. The molecular formula is C14H9BrF2O2. The van der Waals surface area contributed by atoms with Gasteiger partial charge < -0.3 is 4.74 Å². The Kier molecular flexibility index (Phi) is 3.95. The molecule has 0 aliphatic heterocycles. The van der Waals surface area contributed by atoms with Gasteiger partial charge in [0, 0.05) is 5.56 Å². The Hall–Kier alpha value is -1.75. The van der Waals surface area contributed by atoms with Crippen molar-refractivity contribution >= 4 is 21.7 Å². The topological polar surface area (TPSA) is 26.3 Å². The van der Waals surface area contributed by atoms with Crippen LogP contribution in [-0.2, 0) is 0 Å². The highest BCUT2D eigenvalue weighted by atomic mass is 79.9. The minimum atomic E-state index is -0.726. The highest BCUT2D eigenvalue weighted by Gasteiger charge is 2.17. The quantitative estimate of drug-likeness (QED) is 0.798. The maximum atomic E-state index is 14.0. The third-order valence-electron chi connectivity index (χ3n) is 2.61. The molecule has 0 saturated heterocycles. The third-order valence-corrected chi connectivity index (χ3v) is 3.22. The summed E-state index contributed by atoms with van der Waals surface area (Å²) in [5, 5.41) is 0. The van der Waals surface area contributed by atoms with Gasteiger partial charge in [-0.25, -0.2) is 8.78 Å². The fraction of sp³-hybridized carbons (Fsp3) is 0.0714. The SMILES string of the molecule is COc1cccc(C(=O)c2ccc(F)c(Br)c2)c1F. The summed E-state index contributed by atoms with van der Waals surface area (Å²) in [6.45, 7) is 0. The zero-order chi connectivity index (χ0) is 14.0. The minimum Gasteiger partial charge on any atom is -0.494 e. The predicted octanol–water partition coefficient (Wildman–Crippen LogP) is 3.97. The van der Waals surface area contributed by atoms with E-state index in [0.29, 0.717) is 0 Å². The zero-order valence-electron chi connectivity index (χ0n) is 9.91. The van der Waals surface area contributed by atoms with Gasteiger partial charge >= 0.3 is 0 Å². The Morgan fingerprint density at radius 3 is 2.58 bits per heavy atom. The van der Waals surface area contributed by atoms with Gasteiger partial charge in [0.25, 0.3) is 0 Å². The number of hydrogen-bond donors (Lipinski definition) is 0. The summed E-state index contributed by atoms with van der Waals surface area (Å²) in [5.41, 5.74) is 0.0817. The first-order chi connectivity index (χ1) is 9.04. The molecule has 0 fully saturated rings. The molecule has 2 nitrogen and oxygen atoms in total. The second-order valence-electron chi connectivity index (χ2n) is 3.78. The Labute approximate surface area is 117 Å². The van der Waals surface area contributed by atoms with Crippen LogP contribution in [-0.4, -0.2) is 12.9 Å². The van der Waals surface area contributed by atoms with E-state index >= 15 is 0 Å². The number of methoxy groups -OCH3 is 1. The lowest BCUT2D eigenvalue weighted by molar-refractivity contribution is 0.103. The lowest BCUT2D eigenvalue weighted by atomic mass is 10.0. The summed E-state index contributed by atoms with van der Waals surface area (Å²) in [4.78, 5) is 12.2. The fourth-order valence-corrected chi connectivity index (χ4v) is 2.02. The standard InChI is InChI=1S/C14H9BrF2O2/c1-19-12-4-2-3-9(13(12)17)14(18)8-5-6-11(16)10(15)7-8/h2-7H,1H3. The molecule has 0 amide bonds. The van der Waals surface area contributed by atoms with Gasteiger partial charge in [-0.3, -0.25) is 4.79 Å². The lowest BCUT2D eigenvalue weighted by Crippen LogP contribution is -2.05. The van der Waals surface area contributed by atoms with Crippen LogP contribution in [0.15, 0.2) is 40.9 Å². The van der Waals surface area contributed by atoms with E-state index < -0.39 is 17.4 Å². The van der Waals surface area contributed by atoms with Crippen LogP contribution in [0, 0.1) is 11.6 Å². The molecule has 0 unspecified atom stereocenters. The van der Waals surface area contributed by atoms with Gasteiger partial charge in [0.05, 0.1) is 17.1 Å². The van der Waals surface area contributed by atoms with Crippen molar-refractivity contribution in [2.75, 3.05) is 7.11 Å². The molecule has 0 aliphatic rings. The van der Waals surface area contributed by atoms with E-state index in [2.05, 4.69) is 15.9 Å². The van der Waals surface area contributed by atoms with Crippen molar-refractivity contribution in [3.63, 3.8) is 0 Å². The van der Waals surface area contributed by atoms with Gasteiger partial charge in [0.15, 0.2) is 17.3 Å². The van der Waals surface area contributed by atoms with E-state index in [1.165, 1.54) is 37.4 Å². The third kappa shape index (κ3) is 2.66. The molecule has 0 heterocycles. The highest BCUT2D eigenvalue weighted by Crippen LogP contribution is 2.24. The lowest BCUT2D eigenvalue weighted by Gasteiger charge is -2.07. The number of hydrogen-bond acceptors (Lipinski definition) is 2. The summed E-state index contributed by atoms with van der Waals surface area (Å²) >= 11 is 2.99. The molecular weight excluding hydrogens is 318 g/mol. The first-order valence-corrected chi connectivity index (χ1v) is 6.16. The number of ketones is 1. The Balaban J connectivity index is 2.47. The number of ether oxygens (including phenoxy) is 1. The predicted molar refractivity (Wildman–Crippen MR) is 70.5 cm³/mol. The Morgan fingerprint density at radius 1 is 1.21 bits per heavy atom. The van der Waals surface area contributed by atoms with Crippen LogP contribution in [0.1, 0.15) is 15.9 Å². The number of rotatable bonds is 3. The molecule has 0 radical (unpaired) electrons. The van der Waals surface area contributed by atoms with Crippen LogP contribution >= 0.6 is 15.9 Å². The first kappa shape index (κ1) is 13.7. The monoisotopic (exact) mass is 326 g/mol. The van der Waals surface area contributed by atoms with Crippen LogP contribution in [0.3, 0.4) is 0 Å². The van der Waals surface area contributed by atoms with Gasteiger partial charge in [-0.2, -0.15) is 0 Å². The van der Waals surface area contributed by atoms with Gasteiger partial charge in [-0.15, -0.1) is 0 Å². The van der Waals surface area contributed by atoms with E-state index in [-0.39, 0.29) is 21.3 Å². The summed E-state index contributed by atoms with van der Waals surface area (Å²) in [6, 6.07) is 8.07. The van der Waals surface area contributed by atoms with Crippen molar-refractivity contribution in [2.45, 2.75) is 0 Å². The van der Waals surface area contributed by atoms with Crippen molar-refractivity contribution in [3.05, 3.63) is 63.6 Å². The largest absolute Gasteiger partial charge is 0.494 e. The van der Waals surface area contributed by atoms with Crippen LogP contribution in [0.4, 0.5) is 8.78 Å². The Bertz CT molecular complexity index is 641. The molecule has 98 valence electrons. The molecule has 0 saturated carbocycles. The number of carbonyl (C=O) groups excluding carboxylic acids is 1. The zero-order valence-corrected chi connectivity index (χ0v) is 11.5. The average molecular weight is 327 g/mol. The molecule has 2 rings (SSSR count).